The molecule has 1 aliphatic heterocycles. The Morgan fingerprint density at radius 3 is 2.19 bits per heavy atom. The number of ether oxygens (including phenoxy) is 2. The zero-order chi connectivity index (χ0) is 19.1. The zero-order valence-electron chi connectivity index (χ0n) is 15.1. The number of rotatable bonds is 3. The third kappa shape index (κ3) is 2.85. The van der Waals surface area contributed by atoms with Gasteiger partial charge >= 0.3 is 11.9 Å². The fourth-order valence-corrected chi connectivity index (χ4v) is 3.55. The Bertz CT molecular complexity index is 1000. The van der Waals surface area contributed by atoms with Crippen molar-refractivity contribution in [2.45, 2.75) is 31.5 Å². The second-order valence-corrected chi connectivity index (χ2v) is 7.12. The maximum Gasteiger partial charge on any atom is 0.331 e. The SMILES string of the molecule is CC1(C)OC(=O)C(Cc2ccccc2)(c2ccnc3ccccc23)C(=O)O1. The van der Waals surface area contributed by atoms with E-state index in [0.717, 1.165) is 10.9 Å². The van der Waals surface area contributed by atoms with Crippen molar-refractivity contribution in [1.82, 2.24) is 4.98 Å². The summed E-state index contributed by atoms with van der Waals surface area (Å²) in [7, 11) is 0. The van der Waals surface area contributed by atoms with Gasteiger partial charge in [0.2, 0.25) is 0 Å². The van der Waals surface area contributed by atoms with Gasteiger partial charge in [0.1, 0.15) is 0 Å². The first-order valence-electron chi connectivity index (χ1n) is 8.77. The molecular formula is C22H19NO4. The maximum absolute atomic E-state index is 13.2. The molecule has 1 fully saturated rings. The lowest BCUT2D eigenvalue weighted by Gasteiger charge is -2.40. The van der Waals surface area contributed by atoms with Crippen molar-refractivity contribution in [3.63, 3.8) is 0 Å². The summed E-state index contributed by atoms with van der Waals surface area (Å²) in [6, 6.07) is 18.5. The maximum atomic E-state index is 13.2. The van der Waals surface area contributed by atoms with Crippen LogP contribution in [-0.2, 0) is 30.9 Å². The minimum atomic E-state index is -1.58. The molecule has 4 rings (SSSR count). The van der Waals surface area contributed by atoms with Gasteiger partial charge in [0.05, 0.1) is 5.52 Å². The van der Waals surface area contributed by atoms with E-state index in [9.17, 15) is 9.59 Å². The van der Waals surface area contributed by atoms with Crippen LogP contribution < -0.4 is 0 Å². The molecule has 0 spiro atoms. The van der Waals surface area contributed by atoms with Gasteiger partial charge in [-0.25, -0.2) is 0 Å². The predicted molar refractivity (Wildman–Crippen MR) is 99.8 cm³/mol. The van der Waals surface area contributed by atoms with Gasteiger partial charge in [-0.3, -0.25) is 14.6 Å². The Balaban J connectivity index is 1.96. The molecular weight excluding hydrogens is 342 g/mol. The van der Waals surface area contributed by atoms with Gasteiger partial charge in [-0.2, -0.15) is 0 Å². The molecule has 2 heterocycles. The van der Waals surface area contributed by atoms with Crippen LogP contribution in [-0.4, -0.2) is 22.7 Å². The average Bonchev–Trinajstić information content (AvgIpc) is 2.64. The molecule has 1 aromatic heterocycles. The number of para-hydroxylation sites is 1. The van der Waals surface area contributed by atoms with Gasteiger partial charge in [-0.05, 0) is 23.3 Å². The van der Waals surface area contributed by atoms with Crippen molar-refractivity contribution >= 4 is 22.8 Å². The molecule has 0 amide bonds. The van der Waals surface area contributed by atoms with Crippen LogP contribution in [0.15, 0.2) is 66.9 Å². The van der Waals surface area contributed by atoms with Crippen molar-refractivity contribution in [3.05, 3.63) is 78.0 Å². The molecule has 3 aromatic rings. The normalized spacial score (nSPS) is 18.0. The first-order chi connectivity index (χ1) is 12.9. The average molecular weight is 361 g/mol. The lowest BCUT2D eigenvalue weighted by molar-refractivity contribution is -0.243. The van der Waals surface area contributed by atoms with Crippen molar-refractivity contribution in [2.75, 3.05) is 0 Å². The minimum Gasteiger partial charge on any atom is -0.422 e. The lowest BCUT2D eigenvalue weighted by atomic mass is 9.73. The smallest absolute Gasteiger partial charge is 0.331 e. The largest absolute Gasteiger partial charge is 0.422 e. The van der Waals surface area contributed by atoms with Crippen molar-refractivity contribution in [2.24, 2.45) is 0 Å². The van der Waals surface area contributed by atoms with Gasteiger partial charge in [0, 0.05) is 31.9 Å². The molecule has 0 saturated carbocycles. The molecule has 0 N–H and O–H groups in total. The van der Waals surface area contributed by atoms with E-state index in [1.165, 1.54) is 0 Å². The monoisotopic (exact) mass is 361 g/mol. The number of esters is 2. The van der Waals surface area contributed by atoms with Gasteiger partial charge < -0.3 is 9.47 Å². The van der Waals surface area contributed by atoms with Gasteiger partial charge in [-0.15, -0.1) is 0 Å². The third-order valence-electron chi connectivity index (χ3n) is 4.79. The summed E-state index contributed by atoms with van der Waals surface area (Å²) in [6.45, 7) is 3.11. The Labute approximate surface area is 156 Å². The van der Waals surface area contributed by atoms with Gasteiger partial charge in [0.15, 0.2) is 5.41 Å². The highest BCUT2D eigenvalue weighted by Gasteiger charge is 2.58. The summed E-state index contributed by atoms with van der Waals surface area (Å²) in [5.74, 6) is -2.51. The molecule has 0 atom stereocenters. The van der Waals surface area contributed by atoms with E-state index in [1.54, 1.807) is 26.1 Å². The van der Waals surface area contributed by atoms with Crippen LogP contribution in [0.5, 0.6) is 0 Å². The van der Waals surface area contributed by atoms with Crippen molar-refractivity contribution < 1.29 is 19.1 Å². The molecule has 0 bridgehead atoms. The van der Waals surface area contributed by atoms with Crippen LogP contribution in [0.3, 0.4) is 0 Å². The van der Waals surface area contributed by atoms with E-state index in [2.05, 4.69) is 4.98 Å². The molecule has 27 heavy (non-hydrogen) atoms. The molecule has 2 aromatic carbocycles. The number of cyclic esters (lactones) is 2. The number of carbonyl (C=O) groups is 2. The van der Waals surface area contributed by atoms with E-state index in [0.29, 0.717) is 11.1 Å². The van der Waals surface area contributed by atoms with E-state index in [4.69, 9.17) is 9.47 Å². The number of benzene rings is 2. The van der Waals surface area contributed by atoms with Crippen LogP contribution in [0.1, 0.15) is 25.0 Å². The van der Waals surface area contributed by atoms with Crippen LogP contribution >= 0.6 is 0 Å². The van der Waals surface area contributed by atoms with Crippen molar-refractivity contribution in [3.8, 4) is 0 Å². The second-order valence-electron chi connectivity index (χ2n) is 7.12. The molecule has 0 radical (unpaired) electrons. The van der Waals surface area contributed by atoms with Gasteiger partial charge in [0.25, 0.3) is 5.79 Å². The van der Waals surface area contributed by atoms with Crippen LogP contribution in [0.4, 0.5) is 0 Å². The Kier molecular flexibility index (Phi) is 3.95. The van der Waals surface area contributed by atoms with Crippen LogP contribution in [0, 0.1) is 0 Å². The predicted octanol–water partition coefficient (Wildman–Crippen LogP) is 3.55. The van der Waals surface area contributed by atoms with E-state index >= 15 is 0 Å². The highest BCUT2D eigenvalue weighted by Crippen LogP contribution is 2.41. The summed E-state index contributed by atoms with van der Waals surface area (Å²) in [6.07, 6.45) is 1.75. The summed E-state index contributed by atoms with van der Waals surface area (Å²) in [5, 5.41) is 0.726. The Morgan fingerprint density at radius 2 is 1.48 bits per heavy atom. The summed E-state index contributed by atoms with van der Waals surface area (Å²) >= 11 is 0. The number of nitrogens with zero attached hydrogens (tertiary/aromatic N) is 1. The fourth-order valence-electron chi connectivity index (χ4n) is 3.55. The van der Waals surface area contributed by atoms with Crippen molar-refractivity contribution in [1.29, 1.82) is 0 Å². The number of fused-ring (bicyclic) bond motifs is 1. The van der Waals surface area contributed by atoms with E-state index in [-0.39, 0.29) is 6.42 Å². The Morgan fingerprint density at radius 1 is 0.852 bits per heavy atom. The number of carbonyl (C=O) groups excluding carboxylic acids is 2. The first kappa shape index (κ1) is 17.2. The molecule has 1 saturated heterocycles. The Hall–Kier alpha value is -3.21. The second kappa shape index (κ2) is 6.20. The quantitative estimate of drug-likeness (QED) is 0.527. The summed E-state index contributed by atoms with van der Waals surface area (Å²) in [4.78, 5) is 30.8. The van der Waals surface area contributed by atoms with E-state index < -0.39 is 23.1 Å². The molecule has 5 heteroatoms. The minimum absolute atomic E-state index is 0.148. The topological polar surface area (TPSA) is 65.5 Å². The van der Waals surface area contributed by atoms with Crippen LogP contribution in [0.2, 0.25) is 0 Å². The molecule has 136 valence electrons. The third-order valence-corrected chi connectivity index (χ3v) is 4.79. The number of pyridine rings is 1. The van der Waals surface area contributed by atoms with E-state index in [1.807, 2.05) is 54.6 Å². The highest BCUT2D eigenvalue weighted by molar-refractivity contribution is 6.11. The zero-order valence-corrected chi connectivity index (χ0v) is 15.1. The summed E-state index contributed by atoms with van der Waals surface area (Å²) in [5.41, 5.74) is 0.502. The molecule has 0 unspecified atom stereocenters. The summed E-state index contributed by atoms with van der Waals surface area (Å²) < 4.78 is 11.1. The van der Waals surface area contributed by atoms with Crippen LogP contribution in [0.25, 0.3) is 10.9 Å². The fraction of sp³-hybridized carbons (Fsp3) is 0.227. The lowest BCUT2D eigenvalue weighted by Crippen LogP contribution is -2.57. The molecule has 0 aliphatic carbocycles. The first-order valence-corrected chi connectivity index (χ1v) is 8.77. The standard InChI is InChI=1S/C22H19NO4/c1-21(2)26-19(24)22(20(25)27-21,14-15-8-4-3-5-9-15)17-12-13-23-18-11-7-6-10-16(17)18/h3-13H,14H2,1-2H3. The van der Waals surface area contributed by atoms with Gasteiger partial charge in [-0.1, -0.05) is 48.5 Å². The number of hydrogen-bond donors (Lipinski definition) is 0. The molecule has 5 nitrogen and oxygen atoms in total. The molecule has 1 aliphatic rings. The highest BCUT2D eigenvalue weighted by atomic mass is 16.7. The number of hydrogen-bond acceptors (Lipinski definition) is 5. The number of aromatic nitrogens is 1.